The average Bonchev–Trinajstić information content (AvgIpc) is 2.47. The summed E-state index contributed by atoms with van der Waals surface area (Å²) in [5.41, 5.74) is 2.04. The Labute approximate surface area is 139 Å². The van der Waals surface area contributed by atoms with E-state index in [2.05, 4.69) is 41.2 Å². The Morgan fingerprint density at radius 2 is 2.00 bits per heavy atom. The van der Waals surface area contributed by atoms with Crippen molar-refractivity contribution in [2.45, 2.75) is 32.4 Å². The summed E-state index contributed by atoms with van der Waals surface area (Å²) in [6, 6.07) is 13.6. The van der Waals surface area contributed by atoms with Gasteiger partial charge in [-0.3, -0.25) is 0 Å². The Morgan fingerprint density at radius 1 is 1.24 bits per heavy atom. The summed E-state index contributed by atoms with van der Waals surface area (Å²) in [6.45, 7) is 4.20. The number of nitrogens with one attached hydrogen (secondary N) is 1. The molecule has 2 rings (SSSR count). The molecule has 1 unspecified atom stereocenters. The molecule has 21 heavy (non-hydrogen) atoms. The SMILES string of the molecule is CCC(N[C@H](C)c1cccc(Cl)c1)c1cc(Br)ccc1O. The largest absolute Gasteiger partial charge is 0.508 e. The molecular weight excluding hydrogens is 350 g/mol. The van der Waals surface area contributed by atoms with Crippen LogP contribution < -0.4 is 5.32 Å². The van der Waals surface area contributed by atoms with Crippen molar-refractivity contribution in [3.8, 4) is 5.75 Å². The maximum Gasteiger partial charge on any atom is 0.120 e. The van der Waals surface area contributed by atoms with E-state index in [0.29, 0.717) is 5.75 Å². The number of phenols is 1. The van der Waals surface area contributed by atoms with E-state index in [-0.39, 0.29) is 12.1 Å². The smallest absolute Gasteiger partial charge is 0.120 e. The molecule has 0 aliphatic heterocycles. The molecule has 2 aromatic carbocycles. The summed E-state index contributed by atoms with van der Waals surface area (Å²) in [5.74, 6) is 0.316. The summed E-state index contributed by atoms with van der Waals surface area (Å²) in [6.07, 6.45) is 0.884. The van der Waals surface area contributed by atoms with Gasteiger partial charge in [0.15, 0.2) is 0 Å². The third-order valence-corrected chi connectivity index (χ3v) is 4.30. The maximum atomic E-state index is 10.1. The maximum absolute atomic E-state index is 10.1. The van der Waals surface area contributed by atoms with Gasteiger partial charge in [-0.15, -0.1) is 0 Å². The number of aromatic hydroxyl groups is 1. The number of hydrogen-bond acceptors (Lipinski definition) is 2. The van der Waals surface area contributed by atoms with E-state index < -0.39 is 0 Å². The van der Waals surface area contributed by atoms with Gasteiger partial charge in [-0.1, -0.05) is 46.6 Å². The van der Waals surface area contributed by atoms with Crippen molar-refractivity contribution in [3.63, 3.8) is 0 Å². The molecule has 0 aromatic heterocycles. The van der Waals surface area contributed by atoms with Crippen LogP contribution in [0.5, 0.6) is 5.75 Å². The van der Waals surface area contributed by atoms with E-state index in [0.717, 1.165) is 27.0 Å². The standard InChI is InChI=1S/C17H19BrClNO/c1-3-16(15-10-13(18)7-8-17(15)21)20-11(2)12-5-4-6-14(19)9-12/h4-11,16,20-21H,3H2,1-2H3/t11-,16?/m1/s1. The summed E-state index contributed by atoms with van der Waals surface area (Å²) < 4.78 is 0.964. The van der Waals surface area contributed by atoms with Crippen LogP contribution in [0.15, 0.2) is 46.9 Å². The minimum Gasteiger partial charge on any atom is -0.508 e. The lowest BCUT2D eigenvalue weighted by atomic mass is 10.0. The zero-order valence-corrected chi connectivity index (χ0v) is 14.4. The van der Waals surface area contributed by atoms with Gasteiger partial charge in [-0.2, -0.15) is 0 Å². The first kappa shape index (κ1) is 16.3. The van der Waals surface area contributed by atoms with Gasteiger partial charge in [0.2, 0.25) is 0 Å². The van der Waals surface area contributed by atoms with Gasteiger partial charge in [0, 0.05) is 27.1 Å². The zero-order valence-electron chi connectivity index (χ0n) is 12.1. The first-order valence-corrected chi connectivity index (χ1v) is 8.18. The van der Waals surface area contributed by atoms with Gasteiger partial charge < -0.3 is 10.4 Å². The second-order valence-corrected chi connectivity index (χ2v) is 6.46. The molecule has 2 aromatic rings. The molecule has 112 valence electrons. The van der Waals surface area contributed by atoms with Crippen molar-refractivity contribution in [1.82, 2.24) is 5.32 Å². The first-order chi connectivity index (χ1) is 10.0. The van der Waals surface area contributed by atoms with Gasteiger partial charge in [0.05, 0.1) is 0 Å². The topological polar surface area (TPSA) is 32.3 Å². The summed E-state index contributed by atoms with van der Waals surface area (Å²) >= 11 is 9.51. The number of halogens is 2. The van der Waals surface area contributed by atoms with Crippen LogP contribution in [-0.4, -0.2) is 5.11 Å². The van der Waals surface area contributed by atoms with Crippen LogP contribution in [0.3, 0.4) is 0 Å². The minimum absolute atomic E-state index is 0.0801. The quantitative estimate of drug-likeness (QED) is 0.719. The molecule has 0 saturated carbocycles. The van der Waals surface area contributed by atoms with Crippen LogP contribution in [-0.2, 0) is 0 Å². The third-order valence-electron chi connectivity index (χ3n) is 3.57. The molecule has 0 amide bonds. The second-order valence-electron chi connectivity index (χ2n) is 5.11. The highest BCUT2D eigenvalue weighted by atomic mass is 79.9. The van der Waals surface area contributed by atoms with Crippen molar-refractivity contribution in [2.24, 2.45) is 0 Å². The number of rotatable bonds is 5. The molecule has 0 fully saturated rings. The number of benzene rings is 2. The van der Waals surface area contributed by atoms with E-state index >= 15 is 0 Å². The normalized spacial score (nSPS) is 13.9. The molecule has 2 atom stereocenters. The van der Waals surface area contributed by atoms with Crippen LogP contribution in [0.1, 0.15) is 43.5 Å². The predicted octanol–water partition coefficient (Wildman–Crippen LogP) is 5.61. The van der Waals surface area contributed by atoms with E-state index in [4.69, 9.17) is 11.6 Å². The summed E-state index contributed by atoms with van der Waals surface area (Å²) in [7, 11) is 0. The Bertz CT molecular complexity index is 617. The molecule has 2 nitrogen and oxygen atoms in total. The zero-order chi connectivity index (χ0) is 15.4. The molecule has 0 spiro atoms. The molecular formula is C17H19BrClNO. The Hall–Kier alpha value is -1.03. The predicted molar refractivity (Wildman–Crippen MR) is 91.8 cm³/mol. The van der Waals surface area contributed by atoms with Gasteiger partial charge in [-0.05, 0) is 49.2 Å². The molecule has 4 heteroatoms. The van der Waals surface area contributed by atoms with Crippen molar-refractivity contribution in [1.29, 1.82) is 0 Å². The molecule has 0 aliphatic rings. The lowest BCUT2D eigenvalue weighted by Gasteiger charge is -2.24. The fourth-order valence-electron chi connectivity index (χ4n) is 2.41. The third kappa shape index (κ3) is 4.22. The highest BCUT2D eigenvalue weighted by Gasteiger charge is 2.17. The molecule has 0 bridgehead atoms. The fraction of sp³-hybridized carbons (Fsp3) is 0.294. The van der Waals surface area contributed by atoms with Gasteiger partial charge >= 0.3 is 0 Å². The van der Waals surface area contributed by atoms with E-state index in [1.54, 1.807) is 6.07 Å². The molecule has 0 heterocycles. The minimum atomic E-state index is 0.0801. The van der Waals surface area contributed by atoms with Gasteiger partial charge in [0.25, 0.3) is 0 Å². The van der Waals surface area contributed by atoms with Crippen molar-refractivity contribution < 1.29 is 5.11 Å². The number of phenolic OH excluding ortho intramolecular Hbond substituents is 1. The second kappa shape index (κ2) is 7.30. The summed E-state index contributed by atoms with van der Waals surface area (Å²) in [4.78, 5) is 0. The lowest BCUT2D eigenvalue weighted by Crippen LogP contribution is -2.24. The van der Waals surface area contributed by atoms with Gasteiger partial charge in [-0.25, -0.2) is 0 Å². The Kier molecular flexibility index (Phi) is 5.68. The Morgan fingerprint density at radius 3 is 2.67 bits per heavy atom. The van der Waals surface area contributed by atoms with Crippen LogP contribution in [0.2, 0.25) is 5.02 Å². The Balaban J connectivity index is 2.20. The molecule has 0 radical (unpaired) electrons. The molecule has 0 saturated heterocycles. The average molecular weight is 369 g/mol. The van der Waals surface area contributed by atoms with E-state index in [1.165, 1.54) is 0 Å². The number of hydrogen-bond donors (Lipinski definition) is 2. The van der Waals surface area contributed by atoms with Gasteiger partial charge in [0.1, 0.15) is 5.75 Å². The molecule has 2 N–H and O–H groups in total. The van der Waals surface area contributed by atoms with Crippen molar-refractivity contribution in [2.75, 3.05) is 0 Å². The van der Waals surface area contributed by atoms with Crippen LogP contribution in [0.25, 0.3) is 0 Å². The van der Waals surface area contributed by atoms with Crippen LogP contribution in [0.4, 0.5) is 0 Å². The first-order valence-electron chi connectivity index (χ1n) is 7.01. The van der Waals surface area contributed by atoms with Crippen molar-refractivity contribution in [3.05, 3.63) is 63.1 Å². The van der Waals surface area contributed by atoms with E-state index in [9.17, 15) is 5.11 Å². The van der Waals surface area contributed by atoms with Crippen LogP contribution in [0, 0.1) is 0 Å². The van der Waals surface area contributed by atoms with Crippen LogP contribution >= 0.6 is 27.5 Å². The molecule has 0 aliphatic carbocycles. The summed E-state index contributed by atoms with van der Waals surface area (Å²) in [5, 5.41) is 14.4. The highest BCUT2D eigenvalue weighted by Crippen LogP contribution is 2.31. The fourth-order valence-corrected chi connectivity index (χ4v) is 2.98. The van der Waals surface area contributed by atoms with E-state index in [1.807, 2.05) is 30.3 Å². The van der Waals surface area contributed by atoms with Crippen molar-refractivity contribution >= 4 is 27.5 Å². The highest BCUT2D eigenvalue weighted by molar-refractivity contribution is 9.10. The lowest BCUT2D eigenvalue weighted by molar-refractivity contribution is 0.419. The monoisotopic (exact) mass is 367 g/mol.